The van der Waals surface area contributed by atoms with E-state index < -0.39 is 0 Å². The molecule has 1 saturated carbocycles. The van der Waals surface area contributed by atoms with Gasteiger partial charge in [-0.25, -0.2) is 0 Å². The van der Waals surface area contributed by atoms with E-state index in [0.717, 1.165) is 32.1 Å². The van der Waals surface area contributed by atoms with Crippen molar-refractivity contribution in [2.24, 2.45) is 29.6 Å². The lowest BCUT2D eigenvalue weighted by Crippen LogP contribution is -2.53. The van der Waals surface area contributed by atoms with Crippen LogP contribution in [0.15, 0.2) is 0 Å². The number of hydrogen-bond acceptors (Lipinski definition) is 3. The number of carbonyl (C=O) groups is 2. The molecule has 0 aromatic carbocycles. The third kappa shape index (κ3) is 7.38. The van der Waals surface area contributed by atoms with Gasteiger partial charge in [0.2, 0.25) is 11.8 Å². The zero-order valence-corrected chi connectivity index (χ0v) is 19.3. The van der Waals surface area contributed by atoms with Crippen LogP contribution in [0.2, 0.25) is 0 Å². The molecule has 0 heterocycles. The predicted octanol–water partition coefficient (Wildman–Crippen LogP) is 3.73. The van der Waals surface area contributed by atoms with E-state index >= 15 is 0 Å². The third-order valence-electron chi connectivity index (χ3n) is 6.76. The minimum Gasteiger partial charge on any atom is -0.354 e. The van der Waals surface area contributed by atoms with Gasteiger partial charge < -0.3 is 16.0 Å². The summed E-state index contributed by atoms with van der Waals surface area (Å²) in [6, 6.07) is -0.252. The molecule has 2 amide bonds. The fourth-order valence-corrected chi connectivity index (χ4v) is 4.68. The summed E-state index contributed by atoms with van der Waals surface area (Å²) in [5, 5.41) is 9.41. The number of rotatable bonds is 11. The van der Waals surface area contributed by atoms with Crippen molar-refractivity contribution in [1.29, 1.82) is 0 Å². The second-order valence-electron chi connectivity index (χ2n) is 9.26. The molecular formula is C23H45N3O2. The van der Waals surface area contributed by atoms with Crippen LogP contribution in [0.1, 0.15) is 80.1 Å². The van der Waals surface area contributed by atoms with Crippen molar-refractivity contribution in [3.63, 3.8) is 0 Å². The van der Waals surface area contributed by atoms with Crippen LogP contribution >= 0.6 is 0 Å². The lowest BCUT2D eigenvalue weighted by molar-refractivity contribution is -0.130. The average Bonchev–Trinajstić information content (AvgIpc) is 2.67. The molecule has 0 spiro atoms. The van der Waals surface area contributed by atoms with E-state index in [9.17, 15) is 9.59 Å². The molecule has 1 fully saturated rings. The van der Waals surface area contributed by atoms with Crippen LogP contribution in [-0.4, -0.2) is 37.5 Å². The first-order chi connectivity index (χ1) is 13.2. The molecule has 1 aliphatic rings. The van der Waals surface area contributed by atoms with Gasteiger partial charge >= 0.3 is 0 Å². The first-order valence-electron chi connectivity index (χ1n) is 11.5. The van der Waals surface area contributed by atoms with Gasteiger partial charge in [-0.1, -0.05) is 53.9 Å². The molecule has 3 N–H and O–H groups in total. The van der Waals surface area contributed by atoms with Crippen molar-refractivity contribution in [1.82, 2.24) is 16.0 Å². The molecular weight excluding hydrogens is 350 g/mol. The summed E-state index contributed by atoms with van der Waals surface area (Å²) in [5.41, 5.74) is 0. The minimum atomic E-state index is -0.234. The fraction of sp³-hybridized carbons (Fsp3) is 0.913. The number of likely N-dealkylation sites (N-methyl/N-ethyl adjacent to an activating group) is 1. The maximum Gasteiger partial charge on any atom is 0.237 e. The first kappa shape index (κ1) is 24.9. The highest BCUT2D eigenvalue weighted by atomic mass is 16.2. The molecule has 6 atom stereocenters. The monoisotopic (exact) mass is 395 g/mol. The summed E-state index contributed by atoms with van der Waals surface area (Å²) in [7, 11) is 1.79. The van der Waals surface area contributed by atoms with Crippen LogP contribution in [0.4, 0.5) is 0 Å². The molecule has 164 valence electrons. The molecule has 0 radical (unpaired) electrons. The fourth-order valence-electron chi connectivity index (χ4n) is 4.68. The number of amides is 2. The van der Waals surface area contributed by atoms with Crippen molar-refractivity contribution in [2.75, 3.05) is 13.6 Å². The van der Waals surface area contributed by atoms with Crippen LogP contribution in [-0.2, 0) is 9.59 Å². The summed E-state index contributed by atoms with van der Waals surface area (Å²) >= 11 is 0. The molecule has 5 nitrogen and oxygen atoms in total. The smallest absolute Gasteiger partial charge is 0.237 e. The van der Waals surface area contributed by atoms with Crippen LogP contribution in [0, 0.1) is 29.6 Å². The van der Waals surface area contributed by atoms with E-state index in [1.807, 2.05) is 6.92 Å². The Kier molecular flexibility index (Phi) is 11.1. The summed E-state index contributed by atoms with van der Waals surface area (Å²) in [4.78, 5) is 25.5. The maximum absolute atomic E-state index is 13.1. The SMILES string of the molecule is CCCC(CC)C(CNC(=O)C1CC(C)CC[C@H]1C(C)C)NC(=O)[C@H](C)NC. The summed E-state index contributed by atoms with van der Waals surface area (Å²) < 4.78 is 0. The molecule has 0 saturated heterocycles. The Bertz CT molecular complexity index is 480. The third-order valence-corrected chi connectivity index (χ3v) is 6.76. The first-order valence-corrected chi connectivity index (χ1v) is 11.5. The topological polar surface area (TPSA) is 70.2 Å². The molecule has 0 aromatic heterocycles. The molecule has 1 rings (SSSR count). The lowest BCUT2D eigenvalue weighted by Gasteiger charge is -2.37. The van der Waals surface area contributed by atoms with Crippen LogP contribution in [0.5, 0.6) is 0 Å². The highest BCUT2D eigenvalue weighted by molar-refractivity contribution is 5.82. The molecule has 1 aliphatic carbocycles. The summed E-state index contributed by atoms with van der Waals surface area (Å²) in [6.45, 7) is 13.5. The lowest BCUT2D eigenvalue weighted by atomic mass is 9.70. The average molecular weight is 396 g/mol. The van der Waals surface area contributed by atoms with Gasteiger partial charge in [0.1, 0.15) is 0 Å². The molecule has 28 heavy (non-hydrogen) atoms. The summed E-state index contributed by atoms with van der Waals surface area (Å²) in [5.74, 6) is 2.26. The predicted molar refractivity (Wildman–Crippen MR) is 117 cm³/mol. The van der Waals surface area contributed by atoms with Crippen LogP contribution < -0.4 is 16.0 Å². The van der Waals surface area contributed by atoms with Gasteiger partial charge in [-0.15, -0.1) is 0 Å². The van der Waals surface area contributed by atoms with E-state index in [0.29, 0.717) is 30.2 Å². The van der Waals surface area contributed by atoms with Crippen molar-refractivity contribution in [2.45, 2.75) is 92.2 Å². The highest BCUT2D eigenvalue weighted by Crippen LogP contribution is 2.38. The van der Waals surface area contributed by atoms with Crippen molar-refractivity contribution in [3.05, 3.63) is 0 Å². The van der Waals surface area contributed by atoms with Crippen molar-refractivity contribution >= 4 is 11.8 Å². The van der Waals surface area contributed by atoms with E-state index in [1.165, 1.54) is 6.42 Å². The Morgan fingerprint density at radius 3 is 2.32 bits per heavy atom. The molecule has 0 aromatic rings. The largest absolute Gasteiger partial charge is 0.354 e. The van der Waals surface area contributed by atoms with Gasteiger partial charge in [-0.05, 0) is 56.9 Å². The Morgan fingerprint density at radius 2 is 1.79 bits per heavy atom. The quantitative estimate of drug-likeness (QED) is 0.499. The van der Waals surface area contributed by atoms with Crippen molar-refractivity contribution in [3.8, 4) is 0 Å². The van der Waals surface area contributed by atoms with Gasteiger partial charge in [0.25, 0.3) is 0 Å². The molecule has 0 aliphatic heterocycles. The number of nitrogens with one attached hydrogen (secondary N) is 3. The van der Waals surface area contributed by atoms with Gasteiger partial charge in [-0.2, -0.15) is 0 Å². The second kappa shape index (κ2) is 12.5. The van der Waals surface area contributed by atoms with Gasteiger partial charge in [0.15, 0.2) is 0 Å². The zero-order valence-electron chi connectivity index (χ0n) is 19.3. The zero-order chi connectivity index (χ0) is 21.3. The second-order valence-corrected chi connectivity index (χ2v) is 9.26. The van der Waals surface area contributed by atoms with E-state index in [2.05, 4.69) is 50.6 Å². The molecule has 4 unspecified atom stereocenters. The standard InChI is InChI=1S/C23H45N3O2/c1-8-10-18(9-2)21(26-22(27)17(6)24-7)14-25-23(28)20-13-16(5)11-12-19(20)15(3)4/h15-21,24H,8-14H2,1-7H3,(H,25,28)(H,26,27)/t16?,17-,18?,19-,20?,21?/m0/s1. The minimum absolute atomic E-state index is 0.00245. The van der Waals surface area contributed by atoms with Crippen LogP contribution in [0.25, 0.3) is 0 Å². The Balaban J connectivity index is 2.80. The highest BCUT2D eigenvalue weighted by Gasteiger charge is 2.35. The summed E-state index contributed by atoms with van der Waals surface area (Å²) in [6.07, 6.45) is 6.48. The Hall–Kier alpha value is -1.10. The number of carbonyl (C=O) groups excluding carboxylic acids is 2. The van der Waals surface area contributed by atoms with Gasteiger partial charge in [0.05, 0.1) is 6.04 Å². The molecule has 0 bridgehead atoms. The normalized spacial score (nSPS) is 25.8. The van der Waals surface area contributed by atoms with Gasteiger partial charge in [-0.3, -0.25) is 9.59 Å². The van der Waals surface area contributed by atoms with Crippen molar-refractivity contribution < 1.29 is 9.59 Å². The Morgan fingerprint density at radius 1 is 1.11 bits per heavy atom. The van der Waals surface area contributed by atoms with E-state index in [-0.39, 0.29) is 29.8 Å². The van der Waals surface area contributed by atoms with Gasteiger partial charge in [0, 0.05) is 18.5 Å². The Labute approximate surface area is 173 Å². The van der Waals surface area contributed by atoms with E-state index in [1.54, 1.807) is 7.05 Å². The maximum atomic E-state index is 13.1. The number of hydrogen-bond donors (Lipinski definition) is 3. The molecule has 5 heteroatoms. The van der Waals surface area contributed by atoms with Crippen LogP contribution in [0.3, 0.4) is 0 Å². The van der Waals surface area contributed by atoms with E-state index in [4.69, 9.17) is 0 Å².